The molecule has 0 aliphatic carbocycles. The Morgan fingerprint density at radius 2 is 1.81 bits per heavy atom. The molecule has 1 aromatic carbocycles. The van der Waals surface area contributed by atoms with Gasteiger partial charge in [-0.1, -0.05) is 6.92 Å². The van der Waals surface area contributed by atoms with Gasteiger partial charge < -0.3 is 24.8 Å². The van der Waals surface area contributed by atoms with E-state index in [9.17, 15) is 4.79 Å². The molecule has 170 valence electrons. The fourth-order valence-electron chi connectivity index (χ4n) is 3.73. The number of nitrogens with one attached hydrogen (secondary N) is 2. The molecule has 8 heteroatoms. The number of nitrogens with zero attached hydrogens (tertiary/aromatic N) is 2. The summed E-state index contributed by atoms with van der Waals surface area (Å²) in [5.74, 6) is 2.62. The molecule has 2 aromatic heterocycles. The number of anilines is 1. The van der Waals surface area contributed by atoms with Crippen molar-refractivity contribution in [2.24, 2.45) is 5.92 Å². The molecular formula is C24H30N4O4. The van der Waals surface area contributed by atoms with E-state index in [1.54, 1.807) is 27.5 Å². The molecule has 0 saturated carbocycles. The highest BCUT2D eigenvalue weighted by molar-refractivity contribution is 5.92. The monoisotopic (exact) mass is 438 g/mol. The zero-order chi connectivity index (χ0) is 23.1. The molecule has 0 aliphatic rings. The molecule has 8 nitrogen and oxygen atoms in total. The number of amides is 1. The SMILES string of the molecule is CC[C@H](CNc1nc(-c2cc(OC)c(OC)c(OC)c2)cc2ncccc12)[C@@H](C)NC=O. The maximum atomic E-state index is 10.9. The third-order valence-electron chi connectivity index (χ3n) is 5.65. The van der Waals surface area contributed by atoms with Gasteiger partial charge in [-0.05, 0) is 49.6 Å². The van der Waals surface area contributed by atoms with Gasteiger partial charge >= 0.3 is 0 Å². The topological polar surface area (TPSA) is 94.6 Å². The Balaban J connectivity index is 2.04. The van der Waals surface area contributed by atoms with E-state index in [1.807, 2.05) is 37.3 Å². The molecule has 0 fully saturated rings. The zero-order valence-corrected chi connectivity index (χ0v) is 19.1. The predicted molar refractivity (Wildman–Crippen MR) is 126 cm³/mol. The van der Waals surface area contributed by atoms with Gasteiger partial charge in [0, 0.05) is 29.7 Å². The molecule has 3 aromatic rings. The van der Waals surface area contributed by atoms with Crippen molar-refractivity contribution >= 4 is 23.1 Å². The molecule has 0 saturated heterocycles. The lowest BCUT2D eigenvalue weighted by atomic mass is 9.98. The summed E-state index contributed by atoms with van der Waals surface area (Å²) in [6, 6.07) is 9.61. The molecule has 0 aliphatic heterocycles. The lowest BCUT2D eigenvalue weighted by Gasteiger charge is -2.23. The van der Waals surface area contributed by atoms with Crippen molar-refractivity contribution in [1.29, 1.82) is 0 Å². The summed E-state index contributed by atoms with van der Waals surface area (Å²) in [7, 11) is 4.75. The second-order valence-electron chi connectivity index (χ2n) is 7.46. The second kappa shape index (κ2) is 10.7. The quantitative estimate of drug-likeness (QED) is 0.439. The van der Waals surface area contributed by atoms with Crippen LogP contribution in [0.1, 0.15) is 20.3 Å². The molecule has 0 unspecified atom stereocenters. The first kappa shape index (κ1) is 23.1. The molecule has 3 rings (SSSR count). The lowest BCUT2D eigenvalue weighted by Crippen LogP contribution is -2.36. The largest absolute Gasteiger partial charge is 0.493 e. The third kappa shape index (κ3) is 4.85. The summed E-state index contributed by atoms with van der Waals surface area (Å²) in [6.07, 6.45) is 3.42. The predicted octanol–water partition coefficient (Wildman–Crippen LogP) is 3.90. The average molecular weight is 439 g/mol. The first-order chi connectivity index (χ1) is 15.6. The number of benzene rings is 1. The van der Waals surface area contributed by atoms with Gasteiger partial charge in [0.1, 0.15) is 5.82 Å². The number of aromatic nitrogens is 2. The Morgan fingerprint density at radius 3 is 2.41 bits per heavy atom. The summed E-state index contributed by atoms with van der Waals surface area (Å²) in [5.41, 5.74) is 2.36. The molecular weight excluding hydrogens is 408 g/mol. The molecule has 0 spiro atoms. The van der Waals surface area contributed by atoms with Gasteiger partial charge in [0.25, 0.3) is 0 Å². The maximum absolute atomic E-state index is 10.9. The third-order valence-corrected chi connectivity index (χ3v) is 5.65. The molecule has 0 radical (unpaired) electrons. The fourth-order valence-corrected chi connectivity index (χ4v) is 3.73. The molecule has 0 bridgehead atoms. The van der Waals surface area contributed by atoms with Crippen LogP contribution in [0.3, 0.4) is 0 Å². The Morgan fingerprint density at radius 1 is 1.09 bits per heavy atom. The first-order valence-electron chi connectivity index (χ1n) is 10.6. The van der Waals surface area contributed by atoms with Gasteiger partial charge in [-0.2, -0.15) is 0 Å². The van der Waals surface area contributed by atoms with E-state index in [1.165, 1.54) is 0 Å². The first-order valence-corrected chi connectivity index (χ1v) is 10.6. The smallest absolute Gasteiger partial charge is 0.207 e. The van der Waals surface area contributed by atoms with Crippen molar-refractivity contribution in [3.05, 3.63) is 36.5 Å². The van der Waals surface area contributed by atoms with Crippen LogP contribution < -0.4 is 24.8 Å². The number of ether oxygens (including phenoxy) is 3. The van der Waals surface area contributed by atoms with Gasteiger partial charge in [0.15, 0.2) is 11.5 Å². The van der Waals surface area contributed by atoms with E-state index in [-0.39, 0.29) is 12.0 Å². The van der Waals surface area contributed by atoms with Crippen LogP contribution in [-0.2, 0) is 4.79 Å². The Bertz CT molecular complexity index is 1050. The highest BCUT2D eigenvalue weighted by atomic mass is 16.5. The normalized spacial score (nSPS) is 12.7. The van der Waals surface area contributed by atoms with Crippen LogP contribution in [0.15, 0.2) is 36.5 Å². The number of carbonyl (C=O) groups is 1. The number of hydrogen-bond donors (Lipinski definition) is 2. The van der Waals surface area contributed by atoms with E-state index >= 15 is 0 Å². The van der Waals surface area contributed by atoms with E-state index < -0.39 is 0 Å². The molecule has 2 N–H and O–H groups in total. The number of carbonyl (C=O) groups excluding carboxylic acids is 1. The minimum absolute atomic E-state index is 0.0488. The van der Waals surface area contributed by atoms with Crippen LogP contribution in [0.2, 0.25) is 0 Å². The van der Waals surface area contributed by atoms with Crippen LogP contribution in [0.25, 0.3) is 22.2 Å². The van der Waals surface area contributed by atoms with Gasteiger partial charge in [-0.25, -0.2) is 4.98 Å². The second-order valence-corrected chi connectivity index (χ2v) is 7.46. The molecule has 1 amide bonds. The van der Waals surface area contributed by atoms with Crippen LogP contribution in [0, 0.1) is 5.92 Å². The molecule has 2 heterocycles. The fraction of sp³-hybridized carbons (Fsp3) is 0.375. The molecule has 32 heavy (non-hydrogen) atoms. The number of methoxy groups -OCH3 is 3. The van der Waals surface area contributed by atoms with Crippen LogP contribution >= 0.6 is 0 Å². The van der Waals surface area contributed by atoms with Crippen molar-refractivity contribution in [1.82, 2.24) is 15.3 Å². The van der Waals surface area contributed by atoms with Crippen LogP contribution in [-0.4, -0.2) is 50.3 Å². The van der Waals surface area contributed by atoms with E-state index in [0.717, 1.165) is 40.8 Å². The van der Waals surface area contributed by atoms with E-state index in [2.05, 4.69) is 22.5 Å². The summed E-state index contributed by atoms with van der Waals surface area (Å²) < 4.78 is 16.4. The minimum Gasteiger partial charge on any atom is -0.493 e. The lowest BCUT2D eigenvalue weighted by molar-refractivity contribution is -0.110. The van der Waals surface area contributed by atoms with Crippen molar-refractivity contribution in [3.63, 3.8) is 0 Å². The van der Waals surface area contributed by atoms with Gasteiger partial charge in [-0.3, -0.25) is 9.78 Å². The Hall–Kier alpha value is -3.55. The summed E-state index contributed by atoms with van der Waals surface area (Å²) in [5, 5.41) is 7.25. The Labute approximate surface area is 188 Å². The van der Waals surface area contributed by atoms with E-state index in [0.29, 0.717) is 23.8 Å². The van der Waals surface area contributed by atoms with Crippen molar-refractivity contribution in [2.75, 3.05) is 33.2 Å². The van der Waals surface area contributed by atoms with Crippen LogP contribution in [0.5, 0.6) is 17.2 Å². The number of hydrogen-bond acceptors (Lipinski definition) is 7. The van der Waals surface area contributed by atoms with Crippen molar-refractivity contribution in [3.8, 4) is 28.5 Å². The standard InChI is InChI=1S/C24H30N4O4/c1-6-16(15(2)27-14-29)13-26-24-18-8-7-9-25-20(18)12-19(28-24)17-10-21(30-3)23(32-5)22(11-17)31-4/h7-12,14-16H,6,13H2,1-5H3,(H,26,28)(H,27,29)/t15-,16-/m1/s1. The van der Waals surface area contributed by atoms with Gasteiger partial charge in [-0.15, -0.1) is 0 Å². The number of fused-ring (bicyclic) bond motifs is 1. The average Bonchev–Trinajstić information content (AvgIpc) is 2.83. The zero-order valence-electron chi connectivity index (χ0n) is 19.1. The van der Waals surface area contributed by atoms with Crippen molar-refractivity contribution in [2.45, 2.75) is 26.3 Å². The summed E-state index contributed by atoms with van der Waals surface area (Å²) in [6.45, 7) is 4.77. The van der Waals surface area contributed by atoms with E-state index in [4.69, 9.17) is 19.2 Å². The highest BCUT2D eigenvalue weighted by Gasteiger charge is 2.18. The van der Waals surface area contributed by atoms with Gasteiger partial charge in [0.05, 0.1) is 32.5 Å². The number of pyridine rings is 2. The van der Waals surface area contributed by atoms with Crippen molar-refractivity contribution < 1.29 is 19.0 Å². The minimum atomic E-state index is 0.0488. The molecule has 2 atom stereocenters. The van der Waals surface area contributed by atoms with Crippen LogP contribution in [0.4, 0.5) is 5.82 Å². The van der Waals surface area contributed by atoms with Gasteiger partial charge in [0.2, 0.25) is 12.2 Å². The Kier molecular flexibility index (Phi) is 7.70. The summed E-state index contributed by atoms with van der Waals surface area (Å²) in [4.78, 5) is 20.3. The number of rotatable bonds is 11. The maximum Gasteiger partial charge on any atom is 0.207 e. The highest BCUT2D eigenvalue weighted by Crippen LogP contribution is 2.41. The summed E-state index contributed by atoms with van der Waals surface area (Å²) >= 11 is 0.